The smallest absolute Gasteiger partial charge is 0.334 e. The zero-order valence-corrected chi connectivity index (χ0v) is 10.8. The third-order valence-corrected chi connectivity index (χ3v) is 3.09. The van der Waals surface area contributed by atoms with E-state index in [-0.39, 0.29) is 25.5 Å². The van der Waals surface area contributed by atoms with E-state index < -0.39 is 12.1 Å². The van der Waals surface area contributed by atoms with Gasteiger partial charge in [-0.25, -0.2) is 4.79 Å². The maximum Gasteiger partial charge on any atom is 0.334 e. The fraction of sp³-hybridized carbons (Fsp3) is 0.357. The lowest BCUT2D eigenvalue weighted by Crippen LogP contribution is -2.48. The molecule has 104 valence electrons. The number of carbonyl (C=O) groups is 2. The maximum atomic E-state index is 12.3. The average molecular weight is 274 g/mol. The highest BCUT2D eigenvalue weighted by Crippen LogP contribution is 2.13. The Hall–Kier alpha value is -2.39. The van der Waals surface area contributed by atoms with E-state index in [4.69, 9.17) is 15.1 Å². The van der Waals surface area contributed by atoms with Gasteiger partial charge in [-0.1, -0.05) is 12.1 Å². The predicted octanol–water partition coefficient (Wildman–Crippen LogP) is 0.678. The second-order valence-electron chi connectivity index (χ2n) is 4.48. The number of amides is 1. The van der Waals surface area contributed by atoms with Crippen LogP contribution in [0.3, 0.4) is 0 Å². The molecule has 1 aliphatic heterocycles. The molecule has 1 atom stereocenters. The Balaban J connectivity index is 2.12. The van der Waals surface area contributed by atoms with Gasteiger partial charge >= 0.3 is 5.97 Å². The molecule has 1 saturated heterocycles. The van der Waals surface area contributed by atoms with Crippen molar-refractivity contribution in [2.75, 3.05) is 19.7 Å². The van der Waals surface area contributed by atoms with Crippen molar-refractivity contribution in [3.8, 4) is 6.07 Å². The summed E-state index contributed by atoms with van der Waals surface area (Å²) in [5.74, 6) is -1.31. The quantitative estimate of drug-likeness (QED) is 0.875. The number of hydrogen-bond acceptors (Lipinski definition) is 4. The number of rotatable bonds is 3. The largest absolute Gasteiger partial charge is 0.479 e. The lowest BCUT2D eigenvalue weighted by atomic mass is 10.1. The molecule has 1 aromatic carbocycles. The minimum absolute atomic E-state index is 0.0383. The number of carbonyl (C=O) groups excluding carboxylic acids is 1. The summed E-state index contributed by atoms with van der Waals surface area (Å²) < 4.78 is 5.08. The van der Waals surface area contributed by atoms with Gasteiger partial charge in [0.1, 0.15) is 0 Å². The van der Waals surface area contributed by atoms with E-state index >= 15 is 0 Å². The summed E-state index contributed by atoms with van der Waals surface area (Å²) in [6, 6.07) is 8.85. The van der Waals surface area contributed by atoms with Gasteiger partial charge in [0, 0.05) is 12.1 Å². The Morgan fingerprint density at radius 2 is 2.30 bits per heavy atom. The Bertz CT molecular complexity index is 565. The standard InChI is InChI=1S/C14H14N2O4/c15-5-4-10-2-1-3-11(8-10)13(17)16-6-7-20-12(9-16)14(18)19/h1-3,8,12H,4,6-7,9H2,(H,18,19)/t12-/m1/s1. The predicted molar refractivity (Wildman–Crippen MR) is 69.0 cm³/mol. The van der Waals surface area contributed by atoms with E-state index in [1.807, 2.05) is 6.07 Å². The van der Waals surface area contributed by atoms with E-state index in [1.165, 1.54) is 4.90 Å². The molecule has 1 amide bonds. The first-order valence-corrected chi connectivity index (χ1v) is 6.21. The molecule has 0 radical (unpaired) electrons. The van der Waals surface area contributed by atoms with Crippen LogP contribution < -0.4 is 0 Å². The zero-order valence-electron chi connectivity index (χ0n) is 10.8. The number of morpholine rings is 1. The maximum absolute atomic E-state index is 12.3. The highest BCUT2D eigenvalue weighted by atomic mass is 16.5. The molecule has 20 heavy (non-hydrogen) atoms. The molecule has 0 aromatic heterocycles. The number of ether oxygens (including phenoxy) is 1. The molecule has 2 rings (SSSR count). The van der Waals surface area contributed by atoms with Crippen molar-refractivity contribution in [3.05, 3.63) is 35.4 Å². The SMILES string of the molecule is N#CCc1cccc(C(=O)N2CCO[C@@H](C(=O)O)C2)c1. The molecule has 1 N–H and O–H groups in total. The van der Waals surface area contributed by atoms with Crippen LogP contribution in [0.1, 0.15) is 15.9 Å². The van der Waals surface area contributed by atoms with E-state index in [0.717, 1.165) is 5.56 Å². The van der Waals surface area contributed by atoms with Gasteiger partial charge in [0.2, 0.25) is 0 Å². The normalized spacial score (nSPS) is 18.4. The van der Waals surface area contributed by atoms with Crippen LogP contribution in [0.15, 0.2) is 24.3 Å². The fourth-order valence-corrected chi connectivity index (χ4v) is 2.07. The van der Waals surface area contributed by atoms with Gasteiger partial charge < -0.3 is 14.7 Å². The minimum Gasteiger partial charge on any atom is -0.479 e. The number of carboxylic acid groups (broad SMARTS) is 1. The van der Waals surface area contributed by atoms with Crippen LogP contribution in [0.2, 0.25) is 0 Å². The zero-order chi connectivity index (χ0) is 14.5. The van der Waals surface area contributed by atoms with Crippen LogP contribution in [0.25, 0.3) is 0 Å². The minimum atomic E-state index is -1.07. The van der Waals surface area contributed by atoms with Gasteiger partial charge in [0.15, 0.2) is 6.10 Å². The van der Waals surface area contributed by atoms with Crippen molar-refractivity contribution in [1.82, 2.24) is 4.90 Å². The lowest BCUT2D eigenvalue weighted by Gasteiger charge is -2.31. The Morgan fingerprint density at radius 1 is 1.50 bits per heavy atom. The van der Waals surface area contributed by atoms with Crippen LogP contribution in [-0.4, -0.2) is 47.7 Å². The molecular formula is C14H14N2O4. The second kappa shape index (κ2) is 6.17. The highest BCUT2D eigenvalue weighted by molar-refractivity contribution is 5.94. The van der Waals surface area contributed by atoms with Gasteiger partial charge in [-0.3, -0.25) is 4.79 Å². The third kappa shape index (κ3) is 3.13. The first-order valence-electron chi connectivity index (χ1n) is 6.21. The molecule has 6 heteroatoms. The van der Waals surface area contributed by atoms with Gasteiger partial charge in [-0.15, -0.1) is 0 Å². The van der Waals surface area contributed by atoms with E-state index in [0.29, 0.717) is 12.1 Å². The number of nitrogens with zero attached hydrogens (tertiary/aromatic N) is 2. The van der Waals surface area contributed by atoms with Gasteiger partial charge in [-0.05, 0) is 17.7 Å². The van der Waals surface area contributed by atoms with Crippen molar-refractivity contribution in [2.24, 2.45) is 0 Å². The van der Waals surface area contributed by atoms with E-state index in [2.05, 4.69) is 0 Å². The van der Waals surface area contributed by atoms with Crippen molar-refractivity contribution in [1.29, 1.82) is 5.26 Å². The fourth-order valence-electron chi connectivity index (χ4n) is 2.07. The molecule has 0 bridgehead atoms. The number of hydrogen-bond donors (Lipinski definition) is 1. The number of aliphatic carboxylic acids is 1. The van der Waals surface area contributed by atoms with Gasteiger partial charge in [-0.2, -0.15) is 5.26 Å². The van der Waals surface area contributed by atoms with Crippen LogP contribution in [0.5, 0.6) is 0 Å². The Morgan fingerprint density at radius 3 is 3.00 bits per heavy atom. The van der Waals surface area contributed by atoms with E-state index in [1.54, 1.807) is 24.3 Å². The summed E-state index contributed by atoms with van der Waals surface area (Å²) in [7, 11) is 0. The molecule has 1 aliphatic rings. The molecular weight excluding hydrogens is 260 g/mol. The van der Waals surface area contributed by atoms with Crippen molar-refractivity contribution < 1.29 is 19.4 Å². The molecule has 1 fully saturated rings. The molecule has 0 unspecified atom stereocenters. The summed E-state index contributed by atoms with van der Waals surface area (Å²) in [6.07, 6.45) is -0.739. The summed E-state index contributed by atoms with van der Waals surface area (Å²) in [6.45, 7) is 0.613. The summed E-state index contributed by atoms with van der Waals surface area (Å²) >= 11 is 0. The van der Waals surface area contributed by atoms with Crippen molar-refractivity contribution in [2.45, 2.75) is 12.5 Å². The first-order chi connectivity index (χ1) is 9.61. The number of carboxylic acids is 1. The Kier molecular flexibility index (Phi) is 4.33. The summed E-state index contributed by atoms with van der Waals surface area (Å²) in [5, 5.41) is 17.6. The van der Waals surface area contributed by atoms with Crippen molar-refractivity contribution in [3.63, 3.8) is 0 Å². The molecule has 0 aliphatic carbocycles. The van der Waals surface area contributed by atoms with Crippen LogP contribution in [-0.2, 0) is 16.0 Å². The monoisotopic (exact) mass is 274 g/mol. The first kappa shape index (κ1) is 14.0. The molecule has 1 aromatic rings. The van der Waals surface area contributed by atoms with Crippen LogP contribution >= 0.6 is 0 Å². The third-order valence-electron chi connectivity index (χ3n) is 3.09. The molecule has 0 saturated carbocycles. The second-order valence-corrected chi connectivity index (χ2v) is 4.48. The molecule has 6 nitrogen and oxygen atoms in total. The van der Waals surface area contributed by atoms with E-state index in [9.17, 15) is 9.59 Å². The topological polar surface area (TPSA) is 90.6 Å². The van der Waals surface area contributed by atoms with Gasteiger partial charge in [0.05, 0.1) is 25.6 Å². The summed E-state index contributed by atoms with van der Waals surface area (Å²) in [5.41, 5.74) is 1.23. The molecule has 1 heterocycles. The van der Waals surface area contributed by atoms with Gasteiger partial charge in [0.25, 0.3) is 5.91 Å². The number of benzene rings is 1. The van der Waals surface area contributed by atoms with Crippen molar-refractivity contribution >= 4 is 11.9 Å². The summed E-state index contributed by atoms with van der Waals surface area (Å²) in [4.78, 5) is 24.7. The van der Waals surface area contributed by atoms with Crippen LogP contribution in [0, 0.1) is 11.3 Å². The molecule has 0 spiro atoms. The van der Waals surface area contributed by atoms with Crippen LogP contribution in [0.4, 0.5) is 0 Å². The average Bonchev–Trinajstić information content (AvgIpc) is 2.47. The Labute approximate surface area is 116 Å². The lowest BCUT2D eigenvalue weighted by molar-refractivity contribution is -0.154. The highest BCUT2D eigenvalue weighted by Gasteiger charge is 2.29. The number of nitriles is 1.